The van der Waals surface area contributed by atoms with Crippen LogP contribution in [0.25, 0.3) is 0 Å². The largest absolute Gasteiger partial charge is 0.497 e. The summed E-state index contributed by atoms with van der Waals surface area (Å²) < 4.78 is 10.7. The van der Waals surface area contributed by atoms with Crippen molar-refractivity contribution in [1.82, 2.24) is 15.5 Å². The summed E-state index contributed by atoms with van der Waals surface area (Å²) in [7, 11) is 1.63. The molecule has 0 radical (unpaired) electrons. The van der Waals surface area contributed by atoms with Gasteiger partial charge in [-0.1, -0.05) is 12.8 Å². The van der Waals surface area contributed by atoms with E-state index in [2.05, 4.69) is 20.8 Å². The summed E-state index contributed by atoms with van der Waals surface area (Å²) in [5.74, 6) is 2.03. The third kappa shape index (κ3) is 5.08. The van der Waals surface area contributed by atoms with Crippen molar-refractivity contribution in [3.8, 4) is 11.5 Å². The van der Waals surface area contributed by atoms with E-state index < -0.39 is 0 Å². The number of hydrogen-bond acceptors (Lipinski definition) is 6. The summed E-state index contributed by atoms with van der Waals surface area (Å²) in [6, 6.07) is 11.1. The molecule has 0 aliphatic heterocycles. The number of hydrogen-bond donors (Lipinski definition) is 2. The molecule has 3 rings (SSSR count). The molecule has 2 N–H and O–H groups in total. The molecular weight excluding hydrogens is 332 g/mol. The number of amides is 1. The van der Waals surface area contributed by atoms with E-state index in [1.807, 2.05) is 24.3 Å². The zero-order valence-electron chi connectivity index (χ0n) is 14.9. The maximum atomic E-state index is 12.1. The molecule has 2 aromatic rings. The van der Waals surface area contributed by atoms with Gasteiger partial charge in [-0.15, -0.1) is 10.2 Å². The Hall–Kier alpha value is -2.83. The van der Waals surface area contributed by atoms with Crippen LogP contribution in [-0.2, 0) is 0 Å². The van der Waals surface area contributed by atoms with Crippen LogP contribution in [0.5, 0.6) is 11.5 Å². The Morgan fingerprint density at radius 2 is 1.81 bits per heavy atom. The Balaban J connectivity index is 1.40. The fraction of sp³-hybridized carbons (Fsp3) is 0.421. The van der Waals surface area contributed by atoms with E-state index >= 15 is 0 Å². The molecule has 0 saturated heterocycles. The monoisotopic (exact) mass is 356 g/mol. The molecule has 1 aliphatic carbocycles. The Kier molecular flexibility index (Phi) is 6.24. The highest BCUT2D eigenvalue weighted by atomic mass is 16.5. The lowest BCUT2D eigenvalue weighted by Crippen LogP contribution is -2.33. The number of ether oxygens (including phenoxy) is 2. The summed E-state index contributed by atoms with van der Waals surface area (Å²) in [5.41, 5.74) is 0.344. The van der Waals surface area contributed by atoms with Crippen LogP contribution < -0.4 is 20.1 Å². The van der Waals surface area contributed by atoms with Gasteiger partial charge in [-0.2, -0.15) is 0 Å². The number of nitrogens with one attached hydrogen (secondary N) is 2. The molecule has 1 fully saturated rings. The molecule has 1 heterocycles. The van der Waals surface area contributed by atoms with Gasteiger partial charge in [0.05, 0.1) is 13.7 Å². The van der Waals surface area contributed by atoms with Crippen molar-refractivity contribution in [2.24, 2.45) is 0 Å². The third-order valence-electron chi connectivity index (χ3n) is 4.32. The highest BCUT2D eigenvalue weighted by Gasteiger charge is 2.18. The molecule has 0 atom stereocenters. The summed E-state index contributed by atoms with van der Waals surface area (Å²) in [4.78, 5) is 12.1. The first-order valence-corrected chi connectivity index (χ1v) is 8.90. The standard InChI is InChI=1S/C19H24N4O3/c1-25-15-6-8-16(9-7-15)26-13-12-20-18-11-10-17(22-23-18)19(24)21-14-4-2-3-5-14/h6-11,14H,2-5,12-13H2,1H3,(H,20,23)(H,21,24). The second-order valence-electron chi connectivity index (χ2n) is 6.21. The van der Waals surface area contributed by atoms with Crippen molar-refractivity contribution in [3.63, 3.8) is 0 Å². The lowest BCUT2D eigenvalue weighted by atomic mass is 10.2. The van der Waals surface area contributed by atoms with E-state index in [0.29, 0.717) is 24.7 Å². The molecule has 1 amide bonds. The average Bonchev–Trinajstić information content (AvgIpc) is 3.19. The summed E-state index contributed by atoms with van der Waals surface area (Å²) in [6.07, 6.45) is 4.45. The van der Waals surface area contributed by atoms with Crippen molar-refractivity contribution in [2.45, 2.75) is 31.7 Å². The molecule has 138 valence electrons. The number of anilines is 1. The third-order valence-corrected chi connectivity index (χ3v) is 4.32. The highest BCUT2D eigenvalue weighted by molar-refractivity contribution is 5.92. The second kappa shape index (κ2) is 9.03. The van der Waals surface area contributed by atoms with Gasteiger partial charge < -0.3 is 20.1 Å². The number of rotatable bonds is 8. The summed E-state index contributed by atoms with van der Waals surface area (Å²) in [6.45, 7) is 1.06. The molecule has 26 heavy (non-hydrogen) atoms. The molecule has 0 bridgehead atoms. The zero-order valence-corrected chi connectivity index (χ0v) is 14.9. The molecule has 0 spiro atoms. The number of carbonyl (C=O) groups is 1. The van der Waals surface area contributed by atoms with Crippen molar-refractivity contribution < 1.29 is 14.3 Å². The van der Waals surface area contributed by atoms with Gasteiger partial charge in [-0.3, -0.25) is 4.79 Å². The van der Waals surface area contributed by atoms with Gasteiger partial charge in [-0.25, -0.2) is 0 Å². The summed E-state index contributed by atoms with van der Waals surface area (Å²) in [5, 5.41) is 14.2. The van der Waals surface area contributed by atoms with Crippen LogP contribution in [0.2, 0.25) is 0 Å². The second-order valence-corrected chi connectivity index (χ2v) is 6.21. The quantitative estimate of drug-likeness (QED) is 0.707. The van der Waals surface area contributed by atoms with Crippen LogP contribution in [0.15, 0.2) is 36.4 Å². The lowest BCUT2D eigenvalue weighted by molar-refractivity contribution is 0.0932. The van der Waals surface area contributed by atoms with Gasteiger partial charge in [0.15, 0.2) is 5.69 Å². The minimum atomic E-state index is -0.154. The SMILES string of the molecule is COc1ccc(OCCNc2ccc(C(=O)NC3CCCC3)nn2)cc1. The maximum absolute atomic E-state index is 12.1. The Bertz CT molecular complexity index is 698. The van der Waals surface area contributed by atoms with Gasteiger partial charge in [0.2, 0.25) is 0 Å². The van der Waals surface area contributed by atoms with Crippen LogP contribution in [0.3, 0.4) is 0 Å². The number of carbonyl (C=O) groups excluding carboxylic acids is 1. The average molecular weight is 356 g/mol. The number of aromatic nitrogens is 2. The first-order chi connectivity index (χ1) is 12.7. The molecule has 7 heteroatoms. The van der Waals surface area contributed by atoms with Crippen LogP contribution in [0, 0.1) is 0 Å². The molecule has 1 aliphatic rings. The van der Waals surface area contributed by atoms with E-state index in [1.54, 1.807) is 19.2 Å². The van der Waals surface area contributed by atoms with Gasteiger partial charge in [-0.05, 0) is 49.2 Å². The normalized spacial score (nSPS) is 14.0. The maximum Gasteiger partial charge on any atom is 0.272 e. The van der Waals surface area contributed by atoms with Crippen LogP contribution in [0.1, 0.15) is 36.2 Å². The zero-order chi connectivity index (χ0) is 18.2. The van der Waals surface area contributed by atoms with E-state index in [-0.39, 0.29) is 11.9 Å². The van der Waals surface area contributed by atoms with Crippen LogP contribution in [-0.4, -0.2) is 42.4 Å². The minimum Gasteiger partial charge on any atom is -0.497 e. The van der Waals surface area contributed by atoms with Crippen molar-refractivity contribution in [2.75, 3.05) is 25.6 Å². The Morgan fingerprint density at radius 1 is 1.08 bits per heavy atom. The molecule has 1 saturated carbocycles. The van der Waals surface area contributed by atoms with Gasteiger partial charge in [0.1, 0.15) is 23.9 Å². The smallest absolute Gasteiger partial charge is 0.272 e. The highest BCUT2D eigenvalue weighted by Crippen LogP contribution is 2.18. The van der Waals surface area contributed by atoms with Crippen LogP contribution >= 0.6 is 0 Å². The predicted octanol–water partition coefficient (Wildman–Crippen LogP) is 2.65. The van der Waals surface area contributed by atoms with Crippen molar-refractivity contribution >= 4 is 11.7 Å². The molecule has 1 aromatic carbocycles. The number of benzene rings is 1. The fourth-order valence-corrected chi connectivity index (χ4v) is 2.90. The number of nitrogens with zero attached hydrogens (tertiary/aromatic N) is 2. The van der Waals surface area contributed by atoms with Gasteiger partial charge in [0, 0.05) is 6.04 Å². The topological polar surface area (TPSA) is 85.4 Å². The Morgan fingerprint density at radius 3 is 2.46 bits per heavy atom. The van der Waals surface area contributed by atoms with Crippen molar-refractivity contribution in [1.29, 1.82) is 0 Å². The lowest BCUT2D eigenvalue weighted by Gasteiger charge is -2.11. The first kappa shape index (κ1) is 18.0. The fourth-order valence-electron chi connectivity index (χ4n) is 2.90. The van der Waals surface area contributed by atoms with E-state index in [9.17, 15) is 4.79 Å². The van der Waals surface area contributed by atoms with E-state index in [0.717, 1.165) is 24.3 Å². The van der Waals surface area contributed by atoms with Gasteiger partial charge in [0.25, 0.3) is 5.91 Å². The minimum absolute atomic E-state index is 0.154. The van der Waals surface area contributed by atoms with Gasteiger partial charge >= 0.3 is 0 Å². The molecule has 7 nitrogen and oxygen atoms in total. The number of methoxy groups -OCH3 is 1. The molecule has 0 unspecified atom stereocenters. The molecule has 1 aromatic heterocycles. The predicted molar refractivity (Wildman–Crippen MR) is 98.7 cm³/mol. The molecular formula is C19H24N4O3. The van der Waals surface area contributed by atoms with E-state index in [1.165, 1.54) is 12.8 Å². The van der Waals surface area contributed by atoms with E-state index in [4.69, 9.17) is 9.47 Å². The van der Waals surface area contributed by atoms with Crippen molar-refractivity contribution in [3.05, 3.63) is 42.1 Å². The van der Waals surface area contributed by atoms with Crippen LogP contribution in [0.4, 0.5) is 5.82 Å². The Labute approximate surface area is 153 Å². The summed E-state index contributed by atoms with van der Waals surface area (Å²) >= 11 is 0. The first-order valence-electron chi connectivity index (χ1n) is 8.90.